The fourth-order valence-corrected chi connectivity index (χ4v) is 3.03. The van der Waals surface area contributed by atoms with Crippen LogP contribution in [0.25, 0.3) is 0 Å². The summed E-state index contributed by atoms with van der Waals surface area (Å²) in [5, 5.41) is 17.5. The maximum absolute atomic E-state index is 12.2. The summed E-state index contributed by atoms with van der Waals surface area (Å²) in [4.78, 5) is 0.00383. The molecule has 0 aliphatic rings. The van der Waals surface area contributed by atoms with Crippen LogP contribution < -0.4 is 0 Å². The molecule has 0 aliphatic heterocycles. The van der Waals surface area contributed by atoms with E-state index < -0.39 is 15.9 Å². The largest absolute Gasteiger partial charge is 0.242 e. The number of hydrogen-bond acceptors (Lipinski definition) is 4. The second kappa shape index (κ2) is 6.03. The molecule has 0 bridgehead atoms. The summed E-state index contributed by atoms with van der Waals surface area (Å²) in [7, 11) is -2.31. The Labute approximate surface area is 117 Å². The molecule has 19 heavy (non-hydrogen) atoms. The van der Waals surface area contributed by atoms with E-state index in [1.54, 1.807) is 6.92 Å². The number of benzene rings is 1. The van der Waals surface area contributed by atoms with E-state index in [-0.39, 0.29) is 22.0 Å². The zero-order valence-electron chi connectivity index (χ0n) is 10.5. The lowest BCUT2D eigenvalue weighted by molar-refractivity contribution is 0.439. The minimum absolute atomic E-state index is 0.00383. The lowest BCUT2D eigenvalue weighted by atomic mass is 10.2. The molecule has 0 aliphatic carbocycles. The molecule has 5 nitrogen and oxygen atoms in total. The van der Waals surface area contributed by atoms with Gasteiger partial charge in [-0.25, -0.2) is 8.42 Å². The summed E-state index contributed by atoms with van der Waals surface area (Å²) in [6.45, 7) is 1.73. The standard InChI is InChI=1S/C12H12ClN3O2S/c1-9(6-14)8-16(2)19(17,18)11-4-3-10(7-15)12(13)5-11/h3-5,9H,8H2,1-2H3. The number of sulfonamides is 1. The van der Waals surface area contributed by atoms with Crippen LogP contribution in [0, 0.1) is 28.6 Å². The van der Waals surface area contributed by atoms with E-state index in [2.05, 4.69) is 0 Å². The van der Waals surface area contributed by atoms with E-state index in [9.17, 15) is 8.42 Å². The third-order valence-electron chi connectivity index (χ3n) is 2.52. The molecular formula is C12H12ClN3O2S. The second-order valence-corrected chi connectivity index (χ2v) is 6.52. The van der Waals surface area contributed by atoms with E-state index >= 15 is 0 Å². The van der Waals surface area contributed by atoms with E-state index in [0.717, 1.165) is 4.31 Å². The molecule has 0 aromatic heterocycles. The number of nitrogens with zero attached hydrogens (tertiary/aromatic N) is 3. The Morgan fingerprint density at radius 3 is 2.53 bits per heavy atom. The predicted molar refractivity (Wildman–Crippen MR) is 70.8 cm³/mol. The molecule has 0 heterocycles. The van der Waals surface area contributed by atoms with Crippen LogP contribution >= 0.6 is 11.6 Å². The van der Waals surface area contributed by atoms with Gasteiger partial charge in [-0.15, -0.1) is 0 Å². The molecule has 0 radical (unpaired) electrons. The molecule has 0 saturated heterocycles. The van der Waals surface area contributed by atoms with Crippen LogP contribution in [0.2, 0.25) is 5.02 Å². The molecule has 1 unspecified atom stereocenters. The number of nitriles is 2. The van der Waals surface area contributed by atoms with Crippen molar-refractivity contribution >= 4 is 21.6 Å². The molecule has 100 valence electrons. The molecule has 0 fully saturated rings. The Balaban J connectivity index is 3.12. The van der Waals surface area contributed by atoms with Crippen molar-refractivity contribution in [3.8, 4) is 12.1 Å². The van der Waals surface area contributed by atoms with Crippen molar-refractivity contribution in [3.05, 3.63) is 28.8 Å². The Hall–Kier alpha value is -1.60. The molecule has 1 aromatic carbocycles. The Bertz CT molecular complexity index is 659. The molecule has 0 N–H and O–H groups in total. The van der Waals surface area contributed by atoms with Crippen molar-refractivity contribution in [2.45, 2.75) is 11.8 Å². The maximum atomic E-state index is 12.2. The van der Waals surface area contributed by atoms with Crippen molar-refractivity contribution in [3.63, 3.8) is 0 Å². The van der Waals surface area contributed by atoms with E-state index in [1.165, 1.54) is 25.2 Å². The molecule has 0 amide bonds. The smallest absolute Gasteiger partial charge is 0.207 e. The van der Waals surface area contributed by atoms with Crippen molar-refractivity contribution in [1.29, 1.82) is 10.5 Å². The van der Waals surface area contributed by atoms with Gasteiger partial charge in [0.05, 0.1) is 27.5 Å². The van der Waals surface area contributed by atoms with Crippen LogP contribution in [0.4, 0.5) is 0 Å². The van der Waals surface area contributed by atoms with Crippen molar-refractivity contribution in [2.24, 2.45) is 5.92 Å². The first kappa shape index (κ1) is 15.5. The highest BCUT2D eigenvalue weighted by Crippen LogP contribution is 2.22. The van der Waals surface area contributed by atoms with E-state index in [1.807, 2.05) is 12.1 Å². The van der Waals surface area contributed by atoms with Crippen LogP contribution in [-0.2, 0) is 10.0 Å². The van der Waals surface area contributed by atoms with Crippen LogP contribution in [-0.4, -0.2) is 26.3 Å². The normalized spacial score (nSPS) is 12.7. The van der Waals surface area contributed by atoms with Gasteiger partial charge in [0.2, 0.25) is 10.0 Å². The van der Waals surface area contributed by atoms with Crippen molar-refractivity contribution in [1.82, 2.24) is 4.31 Å². The summed E-state index contributed by atoms with van der Waals surface area (Å²) in [6.07, 6.45) is 0. The third kappa shape index (κ3) is 3.45. The minimum atomic E-state index is -3.70. The SMILES string of the molecule is CC(C#N)CN(C)S(=O)(=O)c1ccc(C#N)c(Cl)c1. The predicted octanol–water partition coefficient (Wildman–Crippen LogP) is 1.99. The third-order valence-corrected chi connectivity index (χ3v) is 4.65. The first-order valence-corrected chi connectivity index (χ1v) is 7.20. The summed E-state index contributed by atoms with van der Waals surface area (Å²) in [6, 6.07) is 7.76. The van der Waals surface area contributed by atoms with Gasteiger partial charge >= 0.3 is 0 Å². The highest BCUT2D eigenvalue weighted by atomic mass is 35.5. The molecule has 1 rings (SSSR count). The van der Waals surface area contributed by atoms with E-state index in [4.69, 9.17) is 22.1 Å². The van der Waals surface area contributed by atoms with Gasteiger partial charge in [-0.3, -0.25) is 0 Å². The average molecular weight is 298 g/mol. The molecule has 0 saturated carbocycles. The summed E-state index contributed by atoms with van der Waals surface area (Å²) in [5.41, 5.74) is 0.216. The van der Waals surface area contributed by atoms with Crippen LogP contribution in [0.3, 0.4) is 0 Å². The minimum Gasteiger partial charge on any atom is -0.207 e. The lowest BCUT2D eigenvalue weighted by Gasteiger charge is -2.18. The first-order valence-electron chi connectivity index (χ1n) is 5.38. The fourth-order valence-electron chi connectivity index (χ4n) is 1.45. The Morgan fingerprint density at radius 1 is 1.42 bits per heavy atom. The van der Waals surface area contributed by atoms with Gasteiger partial charge < -0.3 is 0 Å². The maximum Gasteiger partial charge on any atom is 0.242 e. The molecule has 1 atom stereocenters. The van der Waals surface area contributed by atoms with Crippen molar-refractivity contribution in [2.75, 3.05) is 13.6 Å². The monoisotopic (exact) mass is 297 g/mol. The van der Waals surface area contributed by atoms with E-state index in [0.29, 0.717) is 0 Å². The van der Waals surface area contributed by atoms with Gasteiger partial charge in [0.15, 0.2) is 0 Å². The summed E-state index contributed by atoms with van der Waals surface area (Å²) >= 11 is 5.82. The number of rotatable bonds is 4. The molecule has 1 aromatic rings. The van der Waals surface area contributed by atoms with Gasteiger partial charge in [0, 0.05) is 13.6 Å². The Kier molecular flexibility index (Phi) is 4.90. The van der Waals surface area contributed by atoms with Gasteiger partial charge in [0.1, 0.15) is 6.07 Å². The first-order chi connectivity index (χ1) is 8.82. The quantitative estimate of drug-likeness (QED) is 0.850. The van der Waals surface area contributed by atoms with Crippen LogP contribution in [0.15, 0.2) is 23.1 Å². The zero-order valence-corrected chi connectivity index (χ0v) is 12.0. The number of hydrogen-bond donors (Lipinski definition) is 0. The van der Waals surface area contributed by atoms with Gasteiger partial charge in [-0.05, 0) is 25.1 Å². The topological polar surface area (TPSA) is 85.0 Å². The summed E-state index contributed by atoms with van der Waals surface area (Å²) < 4.78 is 25.5. The second-order valence-electron chi connectivity index (χ2n) is 4.07. The molecule has 0 spiro atoms. The highest BCUT2D eigenvalue weighted by molar-refractivity contribution is 7.89. The van der Waals surface area contributed by atoms with Gasteiger partial charge in [0.25, 0.3) is 0 Å². The Morgan fingerprint density at radius 2 is 2.05 bits per heavy atom. The summed E-state index contributed by atoms with van der Waals surface area (Å²) in [5.74, 6) is -0.409. The molecule has 7 heteroatoms. The van der Waals surface area contributed by atoms with Gasteiger partial charge in [-0.1, -0.05) is 11.6 Å². The fraction of sp³-hybridized carbons (Fsp3) is 0.333. The lowest BCUT2D eigenvalue weighted by Crippen LogP contribution is -2.30. The van der Waals surface area contributed by atoms with Crippen LogP contribution in [0.5, 0.6) is 0 Å². The number of halogens is 1. The average Bonchev–Trinajstić information content (AvgIpc) is 2.38. The van der Waals surface area contributed by atoms with Gasteiger partial charge in [-0.2, -0.15) is 14.8 Å². The zero-order chi connectivity index (χ0) is 14.6. The van der Waals surface area contributed by atoms with Crippen molar-refractivity contribution < 1.29 is 8.42 Å². The van der Waals surface area contributed by atoms with Crippen LogP contribution in [0.1, 0.15) is 12.5 Å². The highest BCUT2D eigenvalue weighted by Gasteiger charge is 2.23. The molecular weight excluding hydrogens is 286 g/mol.